The molecule has 0 aliphatic carbocycles. The number of hydrogen-bond acceptors (Lipinski definition) is 7. The van der Waals surface area contributed by atoms with E-state index >= 15 is 0 Å². The van der Waals surface area contributed by atoms with Crippen LogP contribution in [0.2, 0.25) is 0 Å². The summed E-state index contributed by atoms with van der Waals surface area (Å²) in [5, 5.41) is 20.3. The van der Waals surface area contributed by atoms with Gasteiger partial charge in [-0.25, -0.2) is 0 Å². The van der Waals surface area contributed by atoms with Crippen molar-refractivity contribution in [3.8, 4) is 28.7 Å². The zero-order chi connectivity index (χ0) is 19.7. The third kappa shape index (κ3) is 2.97. The fraction of sp³-hybridized carbons (Fsp3) is 0.316. The maximum Gasteiger partial charge on any atom is 0.259 e. The summed E-state index contributed by atoms with van der Waals surface area (Å²) in [6.07, 6.45) is -1.23. The quantitative estimate of drug-likeness (QED) is 0.744. The molecule has 3 rings (SSSR count). The molecule has 8 nitrogen and oxygen atoms in total. The van der Waals surface area contributed by atoms with E-state index in [1.807, 2.05) is 0 Å². The van der Waals surface area contributed by atoms with Crippen LogP contribution in [0, 0.1) is 0 Å². The van der Waals surface area contributed by atoms with Crippen molar-refractivity contribution in [2.45, 2.75) is 12.1 Å². The van der Waals surface area contributed by atoms with Crippen LogP contribution in [0.1, 0.15) is 11.6 Å². The second-order valence-corrected chi connectivity index (χ2v) is 5.91. The Bertz CT molecular complexity index is 842. The normalized spacial score (nSPS) is 18.7. The molecule has 2 aromatic rings. The highest BCUT2D eigenvalue weighted by Crippen LogP contribution is 2.47. The number of nitrogens with zero attached hydrogens (tertiary/aromatic N) is 1. The van der Waals surface area contributed by atoms with E-state index in [0.29, 0.717) is 34.2 Å². The van der Waals surface area contributed by atoms with Gasteiger partial charge in [0.25, 0.3) is 5.91 Å². The van der Waals surface area contributed by atoms with Gasteiger partial charge in [-0.15, -0.1) is 0 Å². The number of ether oxygens (including phenoxy) is 4. The molecule has 0 spiro atoms. The van der Waals surface area contributed by atoms with Crippen molar-refractivity contribution in [2.75, 3.05) is 33.3 Å². The third-order valence-corrected chi connectivity index (χ3v) is 4.54. The number of anilines is 1. The van der Waals surface area contributed by atoms with Gasteiger partial charge < -0.3 is 29.2 Å². The van der Waals surface area contributed by atoms with Crippen molar-refractivity contribution in [1.82, 2.24) is 0 Å². The lowest BCUT2D eigenvalue weighted by Crippen LogP contribution is -2.59. The summed E-state index contributed by atoms with van der Waals surface area (Å²) >= 11 is 0. The Morgan fingerprint density at radius 1 is 0.889 bits per heavy atom. The first-order valence-corrected chi connectivity index (χ1v) is 8.14. The standard InChI is InChI=1S/C19H21NO7/c1-24-13-6-5-10(7-12(13)21)16-17(22)19(23)20(16)11-8-14(25-2)18(27-4)15(9-11)26-3/h5-9,16-17,21-22H,1-4H3/t16?,17-/m0/s1. The van der Waals surface area contributed by atoms with Crippen molar-refractivity contribution in [1.29, 1.82) is 0 Å². The summed E-state index contributed by atoms with van der Waals surface area (Å²) in [4.78, 5) is 13.8. The number of phenolic OH excluding ortho intramolecular Hbond substituents is 1. The number of amides is 1. The van der Waals surface area contributed by atoms with Crippen molar-refractivity contribution in [3.63, 3.8) is 0 Å². The maximum atomic E-state index is 12.4. The third-order valence-electron chi connectivity index (χ3n) is 4.54. The van der Waals surface area contributed by atoms with E-state index in [9.17, 15) is 15.0 Å². The fourth-order valence-electron chi connectivity index (χ4n) is 3.19. The second kappa shape index (κ2) is 7.24. The average Bonchev–Trinajstić information content (AvgIpc) is 2.69. The number of methoxy groups -OCH3 is 4. The van der Waals surface area contributed by atoms with Gasteiger partial charge in [-0.2, -0.15) is 0 Å². The summed E-state index contributed by atoms with van der Waals surface area (Å²) in [5.41, 5.74) is 1.04. The van der Waals surface area contributed by atoms with Gasteiger partial charge in [0.2, 0.25) is 5.75 Å². The zero-order valence-electron chi connectivity index (χ0n) is 15.4. The monoisotopic (exact) mass is 375 g/mol. The highest BCUT2D eigenvalue weighted by molar-refractivity contribution is 6.05. The van der Waals surface area contributed by atoms with Crippen LogP contribution in [-0.4, -0.2) is 50.7 Å². The lowest BCUT2D eigenvalue weighted by atomic mass is 9.89. The van der Waals surface area contributed by atoms with E-state index in [4.69, 9.17) is 18.9 Å². The molecule has 1 fully saturated rings. The van der Waals surface area contributed by atoms with Crippen molar-refractivity contribution >= 4 is 11.6 Å². The smallest absolute Gasteiger partial charge is 0.259 e. The number of carbonyl (C=O) groups excluding carboxylic acids is 1. The molecule has 8 heteroatoms. The molecule has 1 aliphatic heterocycles. The number of aliphatic hydroxyl groups excluding tert-OH is 1. The van der Waals surface area contributed by atoms with Crippen molar-refractivity contribution < 1.29 is 34.0 Å². The van der Waals surface area contributed by atoms with Gasteiger partial charge in [0, 0.05) is 12.1 Å². The molecule has 1 aliphatic rings. The number of hydrogen-bond donors (Lipinski definition) is 2. The minimum absolute atomic E-state index is 0.0774. The number of benzene rings is 2. The summed E-state index contributed by atoms with van der Waals surface area (Å²) in [5.74, 6) is 0.930. The van der Waals surface area contributed by atoms with Crippen LogP contribution >= 0.6 is 0 Å². The minimum atomic E-state index is -1.23. The van der Waals surface area contributed by atoms with Gasteiger partial charge in [0.1, 0.15) is 0 Å². The lowest BCUT2D eigenvalue weighted by Gasteiger charge is -2.44. The Morgan fingerprint density at radius 2 is 1.48 bits per heavy atom. The molecule has 1 unspecified atom stereocenters. The molecular formula is C19H21NO7. The van der Waals surface area contributed by atoms with Crippen LogP contribution in [0.25, 0.3) is 0 Å². The van der Waals surface area contributed by atoms with Crippen LogP contribution in [0.15, 0.2) is 30.3 Å². The number of rotatable bonds is 6. The largest absolute Gasteiger partial charge is 0.504 e. The van der Waals surface area contributed by atoms with Crippen molar-refractivity contribution in [3.05, 3.63) is 35.9 Å². The highest BCUT2D eigenvalue weighted by Gasteiger charge is 2.48. The first-order valence-electron chi connectivity index (χ1n) is 8.14. The predicted molar refractivity (Wildman–Crippen MR) is 97.0 cm³/mol. The Labute approximate surface area is 156 Å². The molecule has 0 aromatic heterocycles. The molecule has 1 saturated heterocycles. The molecule has 0 saturated carbocycles. The Balaban J connectivity index is 2.05. The first kappa shape index (κ1) is 18.7. The number of aliphatic hydroxyl groups is 1. The lowest BCUT2D eigenvalue weighted by molar-refractivity contribution is -0.137. The SMILES string of the molecule is COc1ccc(C2[C@H](O)C(=O)N2c2cc(OC)c(OC)c(OC)c2)cc1O. The van der Waals surface area contributed by atoms with E-state index in [2.05, 4.69) is 0 Å². The Kier molecular flexibility index (Phi) is 5.00. The summed E-state index contributed by atoms with van der Waals surface area (Å²) in [6.45, 7) is 0. The van der Waals surface area contributed by atoms with Gasteiger partial charge in [-0.05, 0) is 17.7 Å². The van der Waals surface area contributed by atoms with Gasteiger partial charge in [-0.3, -0.25) is 9.69 Å². The predicted octanol–water partition coefficient (Wildman–Crippen LogP) is 1.88. The van der Waals surface area contributed by atoms with Gasteiger partial charge in [-0.1, -0.05) is 6.07 Å². The second-order valence-electron chi connectivity index (χ2n) is 5.91. The minimum Gasteiger partial charge on any atom is -0.504 e. The van der Waals surface area contributed by atoms with E-state index < -0.39 is 18.1 Å². The molecule has 27 heavy (non-hydrogen) atoms. The van der Waals surface area contributed by atoms with Crippen LogP contribution in [-0.2, 0) is 4.79 Å². The molecule has 144 valence electrons. The van der Waals surface area contributed by atoms with Crippen LogP contribution in [0.3, 0.4) is 0 Å². The van der Waals surface area contributed by atoms with Crippen molar-refractivity contribution in [2.24, 2.45) is 0 Å². The molecule has 1 heterocycles. The zero-order valence-corrected chi connectivity index (χ0v) is 15.4. The summed E-state index contributed by atoms with van der Waals surface area (Å²) in [7, 11) is 5.89. The highest BCUT2D eigenvalue weighted by atomic mass is 16.5. The average molecular weight is 375 g/mol. The number of carbonyl (C=O) groups is 1. The first-order chi connectivity index (χ1) is 13.0. The van der Waals surface area contributed by atoms with Gasteiger partial charge >= 0.3 is 0 Å². The summed E-state index contributed by atoms with van der Waals surface area (Å²) in [6, 6.07) is 7.31. The molecular weight excluding hydrogens is 354 g/mol. The molecule has 2 N–H and O–H groups in total. The van der Waals surface area contributed by atoms with Crippen LogP contribution in [0.5, 0.6) is 28.7 Å². The molecule has 0 bridgehead atoms. The van der Waals surface area contributed by atoms with Crippen LogP contribution in [0.4, 0.5) is 5.69 Å². The Morgan fingerprint density at radius 3 is 1.96 bits per heavy atom. The fourth-order valence-corrected chi connectivity index (χ4v) is 3.19. The topological polar surface area (TPSA) is 97.7 Å². The molecule has 2 aromatic carbocycles. The Hall–Kier alpha value is -3.13. The van der Waals surface area contributed by atoms with Gasteiger partial charge in [0.05, 0.1) is 40.2 Å². The number of β-lactam (4-membered cyclic amide) rings is 1. The molecule has 1 amide bonds. The van der Waals surface area contributed by atoms with E-state index in [1.165, 1.54) is 39.4 Å². The molecule has 0 radical (unpaired) electrons. The van der Waals surface area contributed by atoms with E-state index in [-0.39, 0.29) is 5.75 Å². The van der Waals surface area contributed by atoms with E-state index in [1.54, 1.807) is 24.3 Å². The maximum absolute atomic E-state index is 12.4. The summed E-state index contributed by atoms with van der Waals surface area (Å²) < 4.78 is 21.0. The van der Waals surface area contributed by atoms with E-state index in [0.717, 1.165) is 0 Å². The van der Waals surface area contributed by atoms with Gasteiger partial charge in [0.15, 0.2) is 29.1 Å². The number of aromatic hydroxyl groups is 1. The molecule has 2 atom stereocenters. The number of phenols is 1. The van der Waals surface area contributed by atoms with Crippen LogP contribution < -0.4 is 23.8 Å².